The highest BCUT2D eigenvalue weighted by Crippen LogP contribution is 2.29. The van der Waals surface area contributed by atoms with Gasteiger partial charge in [0.25, 0.3) is 0 Å². The fraction of sp³-hybridized carbons (Fsp3) is 0.533. The number of aryl methyl sites for hydroxylation is 1. The molecule has 0 radical (unpaired) electrons. The number of imidazole rings is 1. The Morgan fingerprint density at radius 2 is 2.05 bits per heavy atom. The van der Waals surface area contributed by atoms with E-state index in [-0.39, 0.29) is 0 Å². The third-order valence-corrected chi connectivity index (χ3v) is 4.16. The summed E-state index contributed by atoms with van der Waals surface area (Å²) in [5, 5.41) is 0. The number of hydrogen-bond acceptors (Lipinski definition) is 3. The maximum absolute atomic E-state index is 5.87. The molecule has 2 aromatic rings. The van der Waals surface area contributed by atoms with Gasteiger partial charge in [-0.15, -0.1) is 0 Å². The van der Waals surface area contributed by atoms with Crippen LogP contribution in [0.3, 0.4) is 0 Å². The van der Waals surface area contributed by atoms with Crippen molar-refractivity contribution in [2.45, 2.75) is 32.2 Å². The predicted octanol–water partition coefficient (Wildman–Crippen LogP) is 2.45. The highest BCUT2D eigenvalue weighted by Gasteiger charge is 2.22. The van der Waals surface area contributed by atoms with Crippen molar-refractivity contribution >= 4 is 16.7 Å². The summed E-state index contributed by atoms with van der Waals surface area (Å²) in [5.41, 5.74) is 8.93. The second-order valence-electron chi connectivity index (χ2n) is 5.53. The first-order chi connectivity index (χ1) is 9.19. The van der Waals surface area contributed by atoms with Gasteiger partial charge in [-0.1, -0.05) is 6.92 Å². The Morgan fingerprint density at radius 3 is 2.74 bits per heavy atom. The Bertz CT molecular complexity index is 579. The summed E-state index contributed by atoms with van der Waals surface area (Å²) in [7, 11) is 2.20. The van der Waals surface area contributed by atoms with Crippen LogP contribution in [0.25, 0.3) is 11.0 Å². The highest BCUT2D eigenvalue weighted by molar-refractivity contribution is 5.79. The van der Waals surface area contributed by atoms with Gasteiger partial charge >= 0.3 is 0 Å². The molecule has 0 unspecified atom stereocenters. The average molecular weight is 258 g/mol. The smallest absolute Gasteiger partial charge is 0.109 e. The van der Waals surface area contributed by atoms with Gasteiger partial charge in [-0.3, -0.25) is 0 Å². The molecule has 2 N–H and O–H groups in total. The lowest BCUT2D eigenvalue weighted by Gasteiger charge is -2.31. The molecule has 4 nitrogen and oxygen atoms in total. The number of nitrogens with zero attached hydrogens (tertiary/aromatic N) is 3. The van der Waals surface area contributed by atoms with E-state index in [1.165, 1.54) is 37.3 Å². The number of hydrogen-bond donors (Lipinski definition) is 1. The lowest BCUT2D eigenvalue weighted by atomic mass is 10.0. The molecule has 1 aromatic heterocycles. The van der Waals surface area contributed by atoms with Gasteiger partial charge < -0.3 is 15.2 Å². The van der Waals surface area contributed by atoms with E-state index in [1.54, 1.807) is 0 Å². The molecular formula is C15H22N4. The van der Waals surface area contributed by atoms with E-state index in [2.05, 4.69) is 29.5 Å². The predicted molar refractivity (Wildman–Crippen MR) is 79.3 cm³/mol. The van der Waals surface area contributed by atoms with Crippen LogP contribution in [0.5, 0.6) is 0 Å². The number of anilines is 1. The van der Waals surface area contributed by atoms with Crippen LogP contribution in [0.2, 0.25) is 0 Å². The van der Waals surface area contributed by atoms with Crippen molar-refractivity contribution in [3.63, 3.8) is 0 Å². The van der Waals surface area contributed by atoms with Gasteiger partial charge in [-0.05, 0) is 51.2 Å². The minimum Gasteiger partial charge on any atom is -0.399 e. The number of fused-ring (bicyclic) bond motifs is 1. The van der Waals surface area contributed by atoms with Crippen LogP contribution in [0.1, 0.15) is 31.6 Å². The molecule has 1 fully saturated rings. The third kappa shape index (κ3) is 2.21. The lowest BCUT2D eigenvalue weighted by Crippen LogP contribution is -2.32. The first-order valence-corrected chi connectivity index (χ1v) is 7.14. The zero-order valence-electron chi connectivity index (χ0n) is 11.8. The maximum Gasteiger partial charge on any atom is 0.109 e. The fourth-order valence-corrected chi connectivity index (χ4v) is 3.08. The van der Waals surface area contributed by atoms with Crippen molar-refractivity contribution in [2.75, 3.05) is 25.9 Å². The van der Waals surface area contributed by atoms with E-state index < -0.39 is 0 Å². The summed E-state index contributed by atoms with van der Waals surface area (Å²) < 4.78 is 2.45. The van der Waals surface area contributed by atoms with Crippen LogP contribution in [-0.4, -0.2) is 34.6 Å². The van der Waals surface area contributed by atoms with Gasteiger partial charge in [0, 0.05) is 18.2 Å². The van der Waals surface area contributed by atoms with Crippen LogP contribution in [0, 0.1) is 0 Å². The van der Waals surface area contributed by atoms with Crippen molar-refractivity contribution in [3.8, 4) is 0 Å². The second kappa shape index (κ2) is 4.85. The lowest BCUT2D eigenvalue weighted by molar-refractivity contribution is 0.221. The molecule has 3 rings (SSSR count). The number of benzene rings is 1. The normalized spacial score (nSPS) is 18.2. The highest BCUT2D eigenvalue weighted by atomic mass is 15.2. The molecule has 2 heterocycles. The zero-order valence-corrected chi connectivity index (χ0v) is 11.8. The molecule has 1 saturated heterocycles. The SMILES string of the molecule is CCc1nc2cc(N)ccc2n1C1CCN(C)CC1. The standard InChI is InChI=1S/C15H22N4/c1-3-15-17-13-10-11(16)4-5-14(13)19(15)12-6-8-18(2)9-7-12/h4-5,10,12H,3,6-9,16H2,1-2H3. The molecule has 102 valence electrons. The molecule has 0 atom stereocenters. The number of rotatable bonds is 2. The van der Waals surface area contributed by atoms with E-state index in [4.69, 9.17) is 10.7 Å². The average Bonchev–Trinajstić information content (AvgIpc) is 2.77. The fourth-order valence-electron chi connectivity index (χ4n) is 3.08. The minimum absolute atomic E-state index is 0.583. The summed E-state index contributed by atoms with van der Waals surface area (Å²) in [6.07, 6.45) is 3.39. The van der Waals surface area contributed by atoms with E-state index >= 15 is 0 Å². The van der Waals surface area contributed by atoms with Gasteiger partial charge in [0.2, 0.25) is 0 Å². The van der Waals surface area contributed by atoms with Gasteiger partial charge in [0.15, 0.2) is 0 Å². The Labute approximate surface area is 114 Å². The zero-order chi connectivity index (χ0) is 13.4. The molecule has 19 heavy (non-hydrogen) atoms. The first kappa shape index (κ1) is 12.5. The molecule has 4 heteroatoms. The summed E-state index contributed by atoms with van der Waals surface area (Å²) in [4.78, 5) is 7.16. The molecule has 1 aliphatic heterocycles. The first-order valence-electron chi connectivity index (χ1n) is 7.14. The van der Waals surface area contributed by atoms with E-state index in [0.717, 1.165) is 17.6 Å². The van der Waals surface area contributed by atoms with Crippen molar-refractivity contribution in [3.05, 3.63) is 24.0 Å². The van der Waals surface area contributed by atoms with Crippen LogP contribution in [0.15, 0.2) is 18.2 Å². The molecule has 0 amide bonds. The maximum atomic E-state index is 5.87. The van der Waals surface area contributed by atoms with Crippen molar-refractivity contribution < 1.29 is 0 Å². The number of likely N-dealkylation sites (tertiary alicyclic amines) is 1. The second-order valence-corrected chi connectivity index (χ2v) is 5.53. The summed E-state index contributed by atoms with van der Waals surface area (Å²) in [6.45, 7) is 4.51. The molecule has 0 saturated carbocycles. The van der Waals surface area contributed by atoms with Crippen LogP contribution >= 0.6 is 0 Å². The number of nitrogens with two attached hydrogens (primary N) is 1. The Morgan fingerprint density at radius 1 is 1.32 bits per heavy atom. The molecular weight excluding hydrogens is 236 g/mol. The number of nitrogen functional groups attached to an aromatic ring is 1. The van der Waals surface area contributed by atoms with Gasteiger partial charge in [0.05, 0.1) is 11.0 Å². The van der Waals surface area contributed by atoms with Crippen molar-refractivity contribution in [1.82, 2.24) is 14.5 Å². The molecule has 0 spiro atoms. The Kier molecular flexibility index (Phi) is 3.19. The topological polar surface area (TPSA) is 47.1 Å². The van der Waals surface area contributed by atoms with E-state index in [0.29, 0.717) is 6.04 Å². The molecule has 1 aliphatic rings. The third-order valence-electron chi connectivity index (χ3n) is 4.16. The summed E-state index contributed by atoms with van der Waals surface area (Å²) in [5.74, 6) is 1.19. The van der Waals surface area contributed by atoms with Crippen LogP contribution in [-0.2, 0) is 6.42 Å². The van der Waals surface area contributed by atoms with Gasteiger partial charge in [0.1, 0.15) is 5.82 Å². The summed E-state index contributed by atoms with van der Waals surface area (Å²) in [6, 6.07) is 6.67. The number of piperidine rings is 1. The van der Waals surface area contributed by atoms with E-state index in [9.17, 15) is 0 Å². The van der Waals surface area contributed by atoms with Gasteiger partial charge in [-0.25, -0.2) is 4.98 Å². The molecule has 1 aromatic carbocycles. The van der Waals surface area contributed by atoms with Crippen molar-refractivity contribution in [2.24, 2.45) is 0 Å². The van der Waals surface area contributed by atoms with Crippen LogP contribution in [0.4, 0.5) is 5.69 Å². The Balaban J connectivity index is 2.05. The monoisotopic (exact) mass is 258 g/mol. The molecule has 0 bridgehead atoms. The van der Waals surface area contributed by atoms with E-state index in [1.807, 2.05) is 12.1 Å². The Hall–Kier alpha value is -1.55. The van der Waals surface area contributed by atoms with Crippen LogP contribution < -0.4 is 5.73 Å². The molecule has 0 aliphatic carbocycles. The minimum atomic E-state index is 0.583. The summed E-state index contributed by atoms with van der Waals surface area (Å²) >= 11 is 0. The quantitative estimate of drug-likeness (QED) is 0.842. The largest absolute Gasteiger partial charge is 0.399 e. The number of aromatic nitrogens is 2. The van der Waals surface area contributed by atoms with Crippen molar-refractivity contribution in [1.29, 1.82) is 0 Å². The van der Waals surface area contributed by atoms with Gasteiger partial charge in [-0.2, -0.15) is 0 Å².